The molecule has 0 aliphatic rings. The van der Waals surface area contributed by atoms with E-state index in [1.54, 1.807) is 31.2 Å². The van der Waals surface area contributed by atoms with Crippen molar-refractivity contribution in [3.63, 3.8) is 0 Å². The van der Waals surface area contributed by atoms with Gasteiger partial charge in [-0.3, -0.25) is 0 Å². The minimum absolute atomic E-state index is 0.138. The number of amides is 1. The van der Waals surface area contributed by atoms with Crippen molar-refractivity contribution in [3.05, 3.63) is 29.8 Å². The molecule has 1 amide bonds. The normalized spacial score (nSPS) is 11.1. The van der Waals surface area contributed by atoms with Crippen molar-refractivity contribution in [3.8, 4) is 5.75 Å². The van der Waals surface area contributed by atoms with E-state index in [9.17, 15) is 9.90 Å². The zero-order chi connectivity index (χ0) is 12.7. The molecule has 1 aromatic carbocycles. The molecule has 0 aliphatic carbocycles. The SMILES string of the molecule is CCOC(=O)NN=C(CC)c1ccccc1O. The van der Waals surface area contributed by atoms with Gasteiger partial charge in [0.05, 0.1) is 12.3 Å². The number of carbonyl (C=O) groups excluding carboxylic acids is 1. The fourth-order valence-electron chi connectivity index (χ4n) is 1.32. The minimum Gasteiger partial charge on any atom is -0.507 e. The molecule has 1 aromatic rings. The summed E-state index contributed by atoms with van der Waals surface area (Å²) >= 11 is 0. The molecular formula is C12H16N2O3. The first-order valence-electron chi connectivity index (χ1n) is 5.46. The maximum atomic E-state index is 11.1. The van der Waals surface area contributed by atoms with Gasteiger partial charge in [0, 0.05) is 5.56 Å². The van der Waals surface area contributed by atoms with E-state index in [-0.39, 0.29) is 5.75 Å². The Bertz CT molecular complexity index is 416. The van der Waals surface area contributed by atoms with Gasteiger partial charge in [-0.15, -0.1) is 0 Å². The molecule has 0 aromatic heterocycles. The lowest BCUT2D eigenvalue weighted by Crippen LogP contribution is -2.20. The second-order valence-electron chi connectivity index (χ2n) is 3.26. The van der Waals surface area contributed by atoms with Gasteiger partial charge in [-0.05, 0) is 25.5 Å². The Morgan fingerprint density at radius 3 is 2.71 bits per heavy atom. The topological polar surface area (TPSA) is 70.9 Å². The number of phenols is 1. The number of hydrogen-bond donors (Lipinski definition) is 2. The Morgan fingerprint density at radius 2 is 2.12 bits per heavy atom. The highest BCUT2D eigenvalue weighted by Crippen LogP contribution is 2.17. The summed E-state index contributed by atoms with van der Waals surface area (Å²) in [6.07, 6.45) is -0.0156. The average Bonchev–Trinajstić information content (AvgIpc) is 2.32. The van der Waals surface area contributed by atoms with Gasteiger partial charge in [-0.25, -0.2) is 10.2 Å². The molecule has 17 heavy (non-hydrogen) atoms. The van der Waals surface area contributed by atoms with Crippen LogP contribution in [0.3, 0.4) is 0 Å². The van der Waals surface area contributed by atoms with Gasteiger partial charge in [0.15, 0.2) is 0 Å². The Labute approximate surface area is 100 Å². The van der Waals surface area contributed by atoms with Crippen LogP contribution in [0.4, 0.5) is 4.79 Å². The second-order valence-corrected chi connectivity index (χ2v) is 3.26. The zero-order valence-corrected chi connectivity index (χ0v) is 9.93. The van der Waals surface area contributed by atoms with Crippen molar-refractivity contribution in [1.29, 1.82) is 0 Å². The van der Waals surface area contributed by atoms with Gasteiger partial charge in [0.25, 0.3) is 0 Å². The summed E-state index contributed by atoms with van der Waals surface area (Å²) in [5, 5.41) is 13.6. The van der Waals surface area contributed by atoms with E-state index in [1.165, 1.54) is 0 Å². The predicted molar refractivity (Wildman–Crippen MR) is 65.1 cm³/mol. The molecule has 0 saturated heterocycles. The van der Waals surface area contributed by atoms with Crippen LogP contribution < -0.4 is 5.43 Å². The molecule has 0 radical (unpaired) electrons. The van der Waals surface area contributed by atoms with Crippen molar-refractivity contribution in [2.75, 3.05) is 6.61 Å². The number of para-hydroxylation sites is 1. The Kier molecular flexibility index (Phi) is 5.00. The summed E-state index contributed by atoms with van der Waals surface area (Å²) in [6.45, 7) is 3.89. The molecule has 0 saturated carbocycles. The molecular weight excluding hydrogens is 220 g/mol. The largest absolute Gasteiger partial charge is 0.507 e. The van der Waals surface area contributed by atoms with E-state index in [0.717, 1.165) is 0 Å². The third-order valence-corrected chi connectivity index (χ3v) is 2.11. The van der Waals surface area contributed by atoms with Crippen molar-refractivity contribution in [1.82, 2.24) is 5.43 Å². The number of rotatable bonds is 4. The lowest BCUT2D eigenvalue weighted by atomic mass is 10.1. The second kappa shape index (κ2) is 6.52. The summed E-state index contributed by atoms with van der Waals surface area (Å²) in [5.41, 5.74) is 3.47. The van der Waals surface area contributed by atoms with Crippen LogP contribution in [-0.2, 0) is 4.74 Å². The van der Waals surface area contributed by atoms with E-state index >= 15 is 0 Å². The fourth-order valence-corrected chi connectivity index (χ4v) is 1.32. The summed E-state index contributed by atoms with van der Waals surface area (Å²) in [7, 11) is 0. The molecule has 1 rings (SSSR count). The third-order valence-electron chi connectivity index (χ3n) is 2.11. The number of ether oxygens (including phenoxy) is 1. The number of hydrazone groups is 1. The summed E-state index contributed by atoms with van der Waals surface area (Å²) < 4.78 is 4.68. The van der Waals surface area contributed by atoms with Crippen LogP contribution >= 0.6 is 0 Å². The van der Waals surface area contributed by atoms with Crippen LogP contribution in [0.15, 0.2) is 29.4 Å². The van der Waals surface area contributed by atoms with Gasteiger partial charge >= 0.3 is 6.09 Å². The molecule has 0 unspecified atom stereocenters. The van der Waals surface area contributed by atoms with Crippen molar-refractivity contribution >= 4 is 11.8 Å². The summed E-state index contributed by atoms with van der Waals surface area (Å²) in [4.78, 5) is 11.1. The molecule has 5 heteroatoms. The highest BCUT2D eigenvalue weighted by Gasteiger charge is 2.07. The van der Waals surface area contributed by atoms with Crippen LogP contribution in [0.1, 0.15) is 25.8 Å². The molecule has 0 aliphatic heterocycles. The predicted octanol–water partition coefficient (Wildman–Crippen LogP) is 2.25. The quantitative estimate of drug-likeness (QED) is 0.622. The van der Waals surface area contributed by atoms with E-state index in [1.807, 2.05) is 6.92 Å². The number of carbonyl (C=O) groups is 1. The van der Waals surface area contributed by atoms with Crippen molar-refractivity contribution in [2.24, 2.45) is 5.10 Å². The molecule has 0 bridgehead atoms. The maximum Gasteiger partial charge on any atom is 0.427 e. The highest BCUT2D eigenvalue weighted by molar-refractivity contribution is 6.02. The Morgan fingerprint density at radius 1 is 1.41 bits per heavy atom. The van der Waals surface area contributed by atoms with Crippen LogP contribution in [0.5, 0.6) is 5.75 Å². The van der Waals surface area contributed by atoms with Crippen molar-refractivity contribution in [2.45, 2.75) is 20.3 Å². The van der Waals surface area contributed by atoms with Gasteiger partial charge in [0.1, 0.15) is 5.75 Å². The first kappa shape index (κ1) is 13.0. The van der Waals surface area contributed by atoms with Gasteiger partial charge in [-0.1, -0.05) is 19.1 Å². The molecule has 0 spiro atoms. The van der Waals surface area contributed by atoms with Gasteiger partial charge < -0.3 is 9.84 Å². The fraction of sp³-hybridized carbons (Fsp3) is 0.333. The number of aromatic hydroxyl groups is 1. The lowest BCUT2D eigenvalue weighted by Gasteiger charge is -2.06. The van der Waals surface area contributed by atoms with E-state index < -0.39 is 6.09 Å². The van der Waals surface area contributed by atoms with Crippen LogP contribution in [0.2, 0.25) is 0 Å². The monoisotopic (exact) mass is 236 g/mol. The number of phenolic OH excluding ortho intramolecular Hbond substituents is 1. The molecule has 5 nitrogen and oxygen atoms in total. The molecule has 0 fully saturated rings. The zero-order valence-electron chi connectivity index (χ0n) is 9.93. The molecule has 2 N–H and O–H groups in total. The highest BCUT2D eigenvalue weighted by atomic mass is 16.5. The summed E-state index contributed by atoms with van der Waals surface area (Å²) in [5.74, 6) is 0.138. The van der Waals surface area contributed by atoms with Crippen LogP contribution in [-0.4, -0.2) is 23.5 Å². The average molecular weight is 236 g/mol. The van der Waals surface area contributed by atoms with Crippen molar-refractivity contribution < 1.29 is 14.6 Å². The van der Waals surface area contributed by atoms with E-state index in [4.69, 9.17) is 0 Å². The van der Waals surface area contributed by atoms with Crippen LogP contribution in [0.25, 0.3) is 0 Å². The standard InChI is InChI=1S/C12H16N2O3/c1-3-10(13-14-12(16)17-4-2)9-7-5-6-8-11(9)15/h5-8,15H,3-4H2,1-2H3,(H,14,16). The number of nitrogens with zero attached hydrogens (tertiary/aromatic N) is 1. The maximum absolute atomic E-state index is 11.1. The third kappa shape index (κ3) is 3.79. The van der Waals surface area contributed by atoms with Gasteiger partial charge in [0.2, 0.25) is 0 Å². The summed E-state index contributed by atoms with van der Waals surface area (Å²) in [6, 6.07) is 6.84. The lowest BCUT2D eigenvalue weighted by molar-refractivity contribution is 0.152. The van der Waals surface area contributed by atoms with E-state index in [0.29, 0.717) is 24.3 Å². The number of hydrogen-bond acceptors (Lipinski definition) is 4. The Balaban J connectivity index is 2.81. The Hall–Kier alpha value is -2.04. The molecule has 92 valence electrons. The minimum atomic E-state index is -0.603. The first-order valence-corrected chi connectivity index (χ1v) is 5.46. The number of nitrogens with one attached hydrogen (secondary N) is 1. The first-order chi connectivity index (χ1) is 8.19. The van der Waals surface area contributed by atoms with Crippen LogP contribution in [0, 0.1) is 0 Å². The van der Waals surface area contributed by atoms with E-state index in [2.05, 4.69) is 15.3 Å². The molecule has 0 heterocycles. The number of benzene rings is 1. The van der Waals surface area contributed by atoms with Gasteiger partial charge in [-0.2, -0.15) is 5.10 Å². The smallest absolute Gasteiger partial charge is 0.427 e. The molecule has 0 atom stereocenters.